The molecule has 1 rings (SSSR count). The Balaban J connectivity index is 2.49. The molecule has 2 heteroatoms. The molecule has 1 aliphatic carbocycles. The lowest BCUT2D eigenvalue weighted by Gasteiger charge is -2.32. The molecule has 16 heavy (non-hydrogen) atoms. The highest BCUT2D eigenvalue weighted by Gasteiger charge is 2.41. The summed E-state index contributed by atoms with van der Waals surface area (Å²) in [6.07, 6.45) is 6.33. The predicted molar refractivity (Wildman–Crippen MR) is 71.5 cm³/mol. The summed E-state index contributed by atoms with van der Waals surface area (Å²) in [5.41, 5.74) is 6.70. The lowest BCUT2D eigenvalue weighted by molar-refractivity contribution is 0.271. The second-order valence-electron chi connectivity index (χ2n) is 6.39. The fraction of sp³-hybridized carbons (Fsp3) is 1.00. The van der Waals surface area contributed by atoms with Gasteiger partial charge in [-0.2, -0.15) is 0 Å². The van der Waals surface area contributed by atoms with E-state index in [2.05, 4.69) is 33.0 Å². The molecular weight excluding hydrogens is 196 g/mol. The van der Waals surface area contributed by atoms with E-state index in [1.54, 1.807) is 0 Å². The van der Waals surface area contributed by atoms with Crippen LogP contribution in [0.15, 0.2) is 0 Å². The molecule has 0 aromatic carbocycles. The molecule has 1 atom stereocenters. The van der Waals surface area contributed by atoms with Crippen LogP contribution in [0.5, 0.6) is 0 Å². The van der Waals surface area contributed by atoms with Crippen molar-refractivity contribution in [2.75, 3.05) is 13.1 Å². The number of rotatable bonds is 6. The molecule has 0 heterocycles. The number of hydrogen-bond acceptors (Lipinski definition) is 2. The lowest BCUT2D eigenvalue weighted by atomic mass is 9.87. The van der Waals surface area contributed by atoms with Crippen LogP contribution in [0.25, 0.3) is 0 Å². The molecule has 1 unspecified atom stereocenters. The van der Waals surface area contributed by atoms with Gasteiger partial charge in [-0.15, -0.1) is 0 Å². The molecule has 0 aromatic rings. The van der Waals surface area contributed by atoms with Crippen molar-refractivity contribution in [3.05, 3.63) is 0 Å². The highest BCUT2D eigenvalue weighted by Crippen LogP contribution is 2.43. The standard InChI is InChI=1S/C14H30N2/c1-5-12(6-2)9-16-14(11-15)8-7-13(3,4)10-14/h12,16H,5-11,15H2,1-4H3. The zero-order chi connectivity index (χ0) is 12.2. The predicted octanol–water partition coefficient (Wildman–Crippen LogP) is 2.92. The Hall–Kier alpha value is -0.0800. The van der Waals surface area contributed by atoms with Gasteiger partial charge in [0.2, 0.25) is 0 Å². The average Bonchev–Trinajstić information content (AvgIpc) is 2.57. The minimum absolute atomic E-state index is 0.228. The van der Waals surface area contributed by atoms with E-state index in [1.807, 2.05) is 0 Å². The highest BCUT2D eigenvalue weighted by molar-refractivity contribution is 5.00. The first-order valence-corrected chi connectivity index (χ1v) is 6.92. The summed E-state index contributed by atoms with van der Waals surface area (Å²) < 4.78 is 0. The van der Waals surface area contributed by atoms with Gasteiger partial charge in [0, 0.05) is 12.1 Å². The van der Waals surface area contributed by atoms with Crippen LogP contribution >= 0.6 is 0 Å². The summed E-state index contributed by atoms with van der Waals surface area (Å²) >= 11 is 0. The molecule has 0 spiro atoms. The van der Waals surface area contributed by atoms with Gasteiger partial charge >= 0.3 is 0 Å². The van der Waals surface area contributed by atoms with Gasteiger partial charge in [-0.3, -0.25) is 0 Å². The fourth-order valence-electron chi connectivity index (χ4n) is 3.01. The van der Waals surface area contributed by atoms with Crippen molar-refractivity contribution in [3.63, 3.8) is 0 Å². The van der Waals surface area contributed by atoms with E-state index in [-0.39, 0.29) is 5.54 Å². The SMILES string of the molecule is CCC(CC)CNC1(CN)CCC(C)(C)C1. The Kier molecular flexibility index (Phi) is 4.81. The molecule has 1 aliphatic rings. The Morgan fingerprint density at radius 1 is 1.19 bits per heavy atom. The molecule has 0 aromatic heterocycles. The van der Waals surface area contributed by atoms with Gasteiger partial charge in [0.15, 0.2) is 0 Å². The van der Waals surface area contributed by atoms with Crippen molar-refractivity contribution in [1.82, 2.24) is 5.32 Å². The molecule has 0 radical (unpaired) electrons. The maximum Gasteiger partial charge on any atom is 0.0309 e. The minimum atomic E-state index is 0.228. The molecule has 0 saturated heterocycles. The van der Waals surface area contributed by atoms with Crippen LogP contribution < -0.4 is 11.1 Å². The highest BCUT2D eigenvalue weighted by atomic mass is 15.0. The smallest absolute Gasteiger partial charge is 0.0309 e. The summed E-state index contributed by atoms with van der Waals surface area (Å²) in [6, 6.07) is 0. The van der Waals surface area contributed by atoms with Crippen molar-refractivity contribution in [1.29, 1.82) is 0 Å². The summed E-state index contributed by atoms with van der Waals surface area (Å²) in [4.78, 5) is 0. The van der Waals surface area contributed by atoms with Crippen LogP contribution in [-0.4, -0.2) is 18.6 Å². The number of nitrogens with two attached hydrogens (primary N) is 1. The topological polar surface area (TPSA) is 38.0 Å². The van der Waals surface area contributed by atoms with E-state index in [4.69, 9.17) is 5.73 Å². The summed E-state index contributed by atoms with van der Waals surface area (Å²) in [5.74, 6) is 0.812. The Morgan fingerprint density at radius 3 is 2.19 bits per heavy atom. The van der Waals surface area contributed by atoms with Crippen LogP contribution in [0, 0.1) is 11.3 Å². The molecule has 0 amide bonds. The van der Waals surface area contributed by atoms with Crippen molar-refractivity contribution in [2.24, 2.45) is 17.1 Å². The van der Waals surface area contributed by atoms with Gasteiger partial charge in [0.05, 0.1) is 0 Å². The van der Waals surface area contributed by atoms with Gasteiger partial charge < -0.3 is 11.1 Å². The Morgan fingerprint density at radius 2 is 1.81 bits per heavy atom. The monoisotopic (exact) mass is 226 g/mol. The van der Waals surface area contributed by atoms with Crippen molar-refractivity contribution in [3.8, 4) is 0 Å². The second kappa shape index (κ2) is 5.50. The maximum absolute atomic E-state index is 6.00. The molecular formula is C14H30N2. The molecule has 3 N–H and O–H groups in total. The van der Waals surface area contributed by atoms with Crippen molar-refractivity contribution >= 4 is 0 Å². The van der Waals surface area contributed by atoms with Crippen molar-refractivity contribution < 1.29 is 0 Å². The quantitative estimate of drug-likeness (QED) is 0.731. The van der Waals surface area contributed by atoms with Crippen LogP contribution in [0.2, 0.25) is 0 Å². The molecule has 1 saturated carbocycles. The van der Waals surface area contributed by atoms with Gasteiger partial charge in [0.1, 0.15) is 0 Å². The van der Waals surface area contributed by atoms with Gasteiger partial charge in [-0.1, -0.05) is 40.5 Å². The fourth-order valence-corrected chi connectivity index (χ4v) is 3.01. The van der Waals surface area contributed by atoms with Gasteiger partial charge in [-0.05, 0) is 37.1 Å². The van der Waals surface area contributed by atoms with Crippen molar-refractivity contribution in [2.45, 2.75) is 65.3 Å². The minimum Gasteiger partial charge on any atom is -0.329 e. The number of nitrogens with one attached hydrogen (secondary N) is 1. The largest absolute Gasteiger partial charge is 0.329 e. The third-order valence-corrected chi connectivity index (χ3v) is 4.41. The van der Waals surface area contributed by atoms with E-state index >= 15 is 0 Å². The third kappa shape index (κ3) is 3.46. The molecule has 2 nitrogen and oxygen atoms in total. The van der Waals surface area contributed by atoms with E-state index in [0.717, 1.165) is 19.0 Å². The Labute approximate surface area is 101 Å². The first-order chi connectivity index (χ1) is 7.47. The van der Waals surface area contributed by atoms with Crippen LogP contribution in [-0.2, 0) is 0 Å². The van der Waals surface area contributed by atoms with E-state index in [9.17, 15) is 0 Å². The van der Waals surface area contributed by atoms with Gasteiger partial charge in [-0.25, -0.2) is 0 Å². The number of hydrogen-bond donors (Lipinski definition) is 2. The zero-order valence-electron chi connectivity index (χ0n) is 11.6. The molecule has 96 valence electrons. The second-order valence-corrected chi connectivity index (χ2v) is 6.39. The lowest BCUT2D eigenvalue weighted by Crippen LogP contribution is -2.51. The third-order valence-electron chi connectivity index (χ3n) is 4.41. The van der Waals surface area contributed by atoms with E-state index in [0.29, 0.717) is 5.41 Å². The average molecular weight is 226 g/mol. The van der Waals surface area contributed by atoms with Crippen LogP contribution in [0.3, 0.4) is 0 Å². The van der Waals surface area contributed by atoms with Crippen LogP contribution in [0.4, 0.5) is 0 Å². The summed E-state index contributed by atoms with van der Waals surface area (Å²) in [6.45, 7) is 11.2. The van der Waals surface area contributed by atoms with E-state index < -0.39 is 0 Å². The molecule has 0 aliphatic heterocycles. The maximum atomic E-state index is 6.00. The molecule has 1 fully saturated rings. The summed E-state index contributed by atoms with van der Waals surface area (Å²) in [7, 11) is 0. The Bertz CT molecular complexity index is 209. The summed E-state index contributed by atoms with van der Waals surface area (Å²) in [5, 5.41) is 3.78. The van der Waals surface area contributed by atoms with Gasteiger partial charge in [0.25, 0.3) is 0 Å². The first-order valence-electron chi connectivity index (χ1n) is 6.92. The molecule has 0 bridgehead atoms. The zero-order valence-corrected chi connectivity index (χ0v) is 11.6. The first kappa shape index (κ1) is 14.0. The normalized spacial score (nSPS) is 28.9. The van der Waals surface area contributed by atoms with E-state index in [1.165, 1.54) is 32.1 Å². The van der Waals surface area contributed by atoms with Crippen LogP contribution in [0.1, 0.15) is 59.8 Å².